The van der Waals surface area contributed by atoms with Gasteiger partial charge in [-0.25, -0.2) is 0 Å². The Hall–Kier alpha value is -1.85. The molecule has 1 aliphatic heterocycles. The van der Waals surface area contributed by atoms with Crippen molar-refractivity contribution in [3.63, 3.8) is 0 Å². The van der Waals surface area contributed by atoms with Crippen LogP contribution in [-0.2, 0) is 11.3 Å². The van der Waals surface area contributed by atoms with Crippen molar-refractivity contribution in [2.75, 3.05) is 6.54 Å². The van der Waals surface area contributed by atoms with Gasteiger partial charge in [-0.3, -0.25) is 14.3 Å². The standard InChI is InChI=1S/C17H27N3O3/c1-3-4-11-20-13(2)15(12-18-20)17(23)19-10-6-5-7-14(19)8-9-16(21)22/h12,14H,3-11H2,1-2H3,(H,21,22). The normalized spacial score (nSPS) is 18.2. The highest BCUT2D eigenvalue weighted by Crippen LogP contribution is 2.24. The molecule has 23 heavy (non-hydrogen) atoms. The first-order valence-corrected chi connectivity index (χ1v) is 8.59. The Morgan fingerprint density at radius 2 is 2.17 bits per heavy atom. The molecule has 1 saturated heterocycles. The van der Waals surface area contributed by atoms with Gasteiger partial charge in [0.1, 0.15) is 0 Å². The lowest BCUT2D eigenvalue weighted by atomic mass is 9.97. The van der Waals surface area contributed by atoms with E-state index in [0.29, 0.717) is 18.5 Å². The van der Waals surface area contributed by atoms with Crippen molar-refractivity contribution in [2.45, 2.75) is 71.4 Å². The summed E-state index contributed by atoms with van der Waals surface area (Å²) in [5.74, 6) is -0.799. The molecule has 6 heteroatoms. The summed E-state index contributed by atoms with van der Waals surface area (Å²) in [6.45, 7) is 5.61. The quantitative estimate of drug-likeness (QED) is 0.838. The van der Waals surface area contributed by atoms with Gasteiger partial charge < -0.3 is 10.0 Å². The van der Waals surface area contributed by atoms with Crippen LogP contribution >= 0.6 is 0 Å². The molecule has 1 atom stereocenters. The third kappa shape index (κ3) is 4.33. The van der Waals surface area contributed by atoms with E-state index in [9.17, 15) is 9.59 Å². The second-order valence-electron chi connectivity index (χ2n) is 6.30. The number of carbonyl (C=O) groups is 2. The molecule has 2 rings (SSSR count). The Labute approximate surface area is 137 Å². The summed E-state index contributed by atoms with van der Waals surface area (Å²) in [7, 11) is 0. The van der Waals surface area contributed by atoms with E-state index in [1.807, 2.05) is 16.5 Å². The van der Waals surface area contributed by atoms with E-state index >= 15 is 0 Å². The van der Waals surface area contributed by atoms with Crippen LogP contribution in [0.1, 0.15) is 67.9 Å². The molecule has 1 aliphatic rings. The maximum atomic E-state index is 12.9. The van der Waals surface area contributed by atoms with Crippen molar-refractivity contribution in [3.8, 4) is 0 Å². The molecule has 0 radical (unpaired) electrons. The molecule has 6 nitrogen and oxygen atoms in total. The van der Waals surface area contributed by atoms with Crippen LogP contribution in [0.15, 0.2) is 6.20 Å². The number of hydrogen-bond donors (Lipinski definition) is 1. The first kappa shape index (κ1) is 17.5. The van der Waals surface area contributed by atoms with Gasteiger partial charge in [0.15, 0.2) is 0 Å². The molecule has 0 spiro atoms. The lowest BCUT2D eigenvalue weighted by Gasteiger charge is -2.35. The van der Waals surface area contributed by atoms with Crippen molar-refractivity contribution in [3.05, 3.63) is 17.5 Å². The number of amides is 1. The predicted octanol–water partition coefficient (Wildman–Crippen LogP) is 2.85. The predicted molar refractivity (Wildman–Crippen MR) is 87.4 cm³/mol. The zero-order valence-corrected chi connectivity index (χ0v) is 14.1. The summed E-state index contributed by atoms with van der Waals surface area (Å²) in [4.78, 5) is 25.6. The number of likely N-dealkylation sites (tertiary alicyclic amines) is 1. The van der Waals surface area contributed by atoms with Gasteiger partial charge in [-0.15, -0.1) is 0 Å². The topological polar surface area (TPSA) is 75.4 Å². The Morgan fingerprint density at radius 3 is 2.87 bits per heavy atom. The fourth-order valence-corrected chi connectivity index (χ4v) is 3.20. The average Bonchev–Trinajstić information content (AvgIpc) is 2.91. The van der Waals surface area contributed by atoms with Crippen LogP contribution in [0, 0.1) is 6.92 Å². The number of rotatable bonds is 7. The fraction of sp³-hybridized carbons (Fsp3) is 0.706. The Kier molecular flexibility index (Phi) is 6.19. The highest BCUT2D eigenvalue weighted by molar-refractivity contribution is 5.95. The molecule has 1 N–H and O–H groups in total. The van der Waals surface area contributed by atoms with E-state index in [1.54, 1.807) is 6.20 Å². The van der Waals surface area contributed by atoms with Crippen molar-refractivity contribution in [1.29, 1.82) is 0 Å². The van der Waals surface area contributed by atoms with E-state index in [-0.39, 0.29) is 18.4 Å². The summed E-state index contributed by atoms with van der Waals surface area (Å²) in [5, 5.41) is 13.2. The summed E-state index contributed by atoms with van der Waals surface area (Å²) >= 11 is 0. The molecule has 2 heterocycles. The van der Waals surface area contributed by atoms with Gasteiger partial charge in [0, 0.05) is 31.2 Å². The molecule has 0 saturated carbocycles. The summed E-state index contributed by atoms with van der Waals surface area (Å²) in [6, 6.07) is 0.0331. The number of aromatic nitrogens is 2. The third-order valence-corrected chi connectivity index (χ3v) is 4.64. The van der Waals surface area contributed by atoms with Gasteiger partial charge in [-0.05, 0) is 39.0 Å². The van der Waals surface area contributed by atoms with Gasteiger partial charge in [0.2, 0.25) is 0 Å². The molecular weight excluding hydrogens is 294 g/mol. The molecule has 0 aromatic carbocycles. The van der Waals surface area contributed by atoms with Gasteiger partial charge in [-0.2, -0.15) is 5.10 Å². The Balaban J connectivity index is 2.10. The molecule has 1 unspecified atom stereocenters. The van der Waals surface area contributed by atoms with E-state index < -0.39 is 5.97 Å². The largest absolute Gasteiger partial charge is 0.481 e. The minimum absolute atomic E-state index is 0.000312. The first-order chi connectivity index (χ1) is 11.0. The third-order valence-electron chi connectivity index (χ3n) is 4.64. The lowest BCUT2D eigenvalue weighted by Crippen LogP contribution is -2.44. The van der Waals surface area contributed by atoms with E-state index in [0.717, 1.165) is 44.3 Å². The zero-order valence-electron chi connectivity index (χ0n) is 14.1. The molecule has 1 amide bonds. The van der Waals surface area contributed by atoms with Crippen LogP contribution < -0.4 is 0 Å². The van der Waals surface area contributed by atoms with Crippen molar-refractivity contribution < 1.29 is 14.7 Å². The minimum atomic E-state index is -0.800. The number of nitrogens with zero attached hydrogens (tertiary/aromatic N) is 3. The number of piperidine rings is 1. The van der Waals surface area contributed by atoms with Crippen molar-refractivity contribution in [2.24, 2.45) is 0 Å². The number of unbranched alkanes of at least 4 members (excludes halogenated alkanes) is 1. The number of carboxylic acids is 1. The first-order valence-electron chi connectivity index (χ1n) is 8.59. The van der Waals surface area contributed by atoms with E-state index in [1.165, 1.54) is 0 Å². The summed E-state index contributed by atoms with van der Waals surface area (Å²) in [5.41, 5.74) is 1.56. The number of aliphatic carboxylic acids is 1. The Morgan fingerprint density at radius 1 is 1.39 bits per heavy atom. The van der Waals surface area contributed by atoms with Crippen LogP contribution in [0.3, 0.4) is 0 Å². The molecule has 1 fully saturated rings. The van der Waals surface area contributed by atoms with Gasteiger partial charge in [0.05, 0.1) is 11.8 Å². The van der Waals surface area contributed by atoms with Crippen LogP contribution in [0.25, 0.3) is 0 Å². The van der Waals surface area contributed by atoms with Gasteiger partial charge in [0.25, 0.3) is 5.91 Å². The highest BCUT2D eigenvalue weighted by Gasteiger charge is 2.29. The molecule has 128 valence electrons. The van der Waals surface area contributed by atoms with Gasteiger partial charge in [-0.1, -0.05) is 13.3 Å². The summed E-state index contributed by atoms with van der Waals surface area (Å²) in [6.07, 6.45) is 7.37. The molecule has 1 aromatic heterocycles. The number of hydrogen-bond acceptors (Lipinski definition) is 3. The fourth-order valence-electron chi connectivity index (χ4n) is 3.20. The molecular formula is C17H27N3O3. The van der Waals surface area contributed by atoms with Crippen LogP contribution in [-0.4, -0.2) is 44.3 Å². The zero-order chi connectivity index (χ0) is 16.8. The van der Waals surface area contributed by atoms with Gasteiger partial charge >= 0.3 is 5.97 Å². The van der Waals surface area contributed by atoms with Crippen molar-refractivity contribution >= 4 is 11.9 Å². The van der Waals surface area contributed by atoms with E-state index in [2.05, 4.69) is 12.0 Å². The highest BCUT2D eigenvalue weighted by atomic mass is 16.4. The maximum absolute atomic E-state index is 12.9. The second kappa shape index (κ2) is 8.13. The average molecular weight is 321 g/mol. The van der Waals surface area contributed by atoms with Crippen molar-refractivity contribution in [1.82, 2.24) is 14.7 Å². The molecule has 0 aliphatic carbocycles. The molecule has 1 aromatic rings. The lowest BCUT2D eigenvalue weighted by molar-refractivity contribution is -0.137. The second-order valence-corrected chi connectivity index (χ2v) is 6.30. The van der Waals surface area contributed by atoms with E-state index in [4.69, 9.17) is 5.11 Å². The monoisotopic (exact) mass is 321 g/mol. The molecule has 0 bridgehead atoms. The van der Waals surface area contributed by atoms with Crippen LogP contribution in [0.2, 0.25) is 0 Å². The number of carbonyl (C=O) groups excluding carboxylic acids is 1. The Bertz CT molecular complexity index is 553. The minimum Gasteiger partial charge on any atom is -0.481 e. The summed E-state index contributed by atoms with van der Waals surface area (Å²) < 4.78 is 1.90. The maximum Gasteiger partial charge on any atom is 0.303 e. The number of carboxylic acid groups (broad SMARTS) is 1. The van der Waals surface area contributed by atoms with Crippen LogP contribution in [0.4, 0.5) is 0 Å². The number of aryl methyl sites for hydroxylation is 1. The smallest absolute Gasteiger partial charge is 0.303 e. The SMILES string of the molecule is CCCCn1ncc(C(=O)N2CCCCC2CCC(=O)O)c1C. The van der Waals surface area contributed by atoms with Crippen LogP contribution in [0.5, 0.6) is 0 Å².